The maximum absolute atomic E-state index is 13.2. The number of carbonyl (C=O) groups is 3. The lowest BCUT2D eigenvalue weighted by molar-refractivity contribution is -0.123. The summed E-state index contributed by atoms with van der Waals surface area (Å²) in [6.07, 6.45) is 0. The summed E-state index contributed by atoms with van der Waals surface area (Å²) < 4.78 is 30.8. The van der Waals surface area contributed by atoms with E-state index >= 15 is 0 Å². The van der Waals surface area contributed by atoms with Gasteiger partial charge < -0.3 is 4.74 Å². The van der Waals surface area contributed by atoms with Crippen molar-refractivity contribution in [1.82, 2.24) is 0 Å². The summed E-state index contributed by atoms with van der Waals surface area (Å²) in [4.78, 5) is 35.5. The molecule has 1 aliphatic heterocycles. The van der Waals surface area contributed by atoms with Gasteiger partial charge in [-0.25, -0.2) is 8.78 Å². The number of benzene rings is 1. The lowest BCUT2D eigenvalue weighted by Gasteiger charge is -2.15. The zero-order chi connectivity index (χ0) is 14.2. The first-order valence-corrected chi connectivity index (χ1v) is 5.31. The van der Waals surface area contributed by atoms with Crippen molar-refractivity contribution in [2.45, 2.75) is 0 Å². The van der Waals surface area contributed by atoms with Crippen LogP contribution in [-0.4, -0.2) is 37.7 Å². The number of ether oxygens (including phenoxy) is 1. The fraction of sp³-hybridized carbons (Fsp3) is 0.250. The van der Waals surface area contributed by atoms with Crippen LogP contribution in [0.5, 0.6) is 0 Å². The van der Waals surface area contributed by atoms with E-state index in [4.69, 9.17) is 0 Å². The predicted molar refractivity (Wildman–Crippen MR) is 59.9 cm³/mol. The molecule has 100 valence electrons. The van der Waals surface area contributed by atoms with Gasteiger partial charge in [0.25, 0.3) is 11.7 Å². The summed E-state index contributed by atoms with van der Waals surface area (Å²) in [6, 6.07) is 1.39. The Labute approximate surface area is 106 Å². The number of ketones is 2. The molecule has 0 unspecified atom stereocenters. The Kier molecular flexibility index (Phi) is 3.39. The molecule has 19 heavy (non-hydrogen) atoms. The highest BCUT2D eigenvalue weighted by atomic mass is 19.2. The normalized spacial score (nSPS) is 13.9. The third kappa shape index (κ3) is 2.24. The molecule has 0 fully saturated rings. The average Bonchev–Trinajstić information content (AvgIpc) is 2.56. The number of methoxy groups -OCH3 is 1. The van der Waals surface area contributed by atoms with Crippen molar-refractivity contribution in [1.29, 1.82) is 0 Å². The first kappa shape index (κ1) is 13.3. The Bertz CT molecular complexity index is 585. The lowest BCUT2D eigenvalue weighted by atomic mass is 10.1. The Hall–Kier alpha value is -2.15. The number of amides is 1. The number of fused-ring (bicyclic) bond motifs is 1. The molecule has 0 bridgehead atoms. The van der Waals surface area contributed by atoms with Crippen LogP contribution in [0.3, 0.4) is 0 Å². The van der Waals surface area contributed by atoms with Gasteiger partial charge in [0, 0.05) is 13.2 Å². The minimum absolute atomic E-state index is 0.0987. The van der Waals surface area contributed by atoms with Gasteiger partial charge in [0.2, 0.25) is 0 Å². The van der Waals surface area contributed by atoms with Crippen molar-refractivity contribution in [2.75, 3.05) is 25.2 Å². The van der Waals surface area contributed by atoms with Gasteiger partial charge >= 0.3 is 0 Å². The number of anilines is 1. The van der Waals surface area contributed by atoms with Gasteiger partial charge in [-0.1, -0.05) is 0 Å². The highest BCUT2D eigenvalue weighted by molar-refractivity contribution is 6.52. The number of nitrogens with zero attached hydrogens (tertiary/aromatic N) is 1. The fourth-order valence-electron chi connectivity index (χ4n) is 1.83. The standard InChI is InChI=1S/C12H9F2NO4/c1-19-5-6(16)4-15-10-3-9(14)8(13)2-7(10)11(17)12(15)18/h2-3H,4-5H2,1H3. The van der Waals surface area contributed by atoms with Crippen molar-refractivity contribution >= 4 is 23.2 Å². The summed E-state index contributed by atoms with van der Waals surface area (Å²) in [5.74, 6) is -4.81. The molecule has 5 nitrogen and oxygen atoms in total. The molecular weight excluding hydrogens is 260 g/mol. The van der Waals surface area contributed by atoms with E-state index in [1.54, 1.807) is 0 Å². The van der Waals surface area contributed by atoms with Crippen molar-refractivity contribution in [3.8, 4) is 0 Å². The van der Waals surface area contributed by atoms with Crippen molar-refractivity contribution in [2.24, 2.45) is 0 Å². The number of halogens is 2. The molecule has 0 N–H and O–H groups in total. The Balaban J connectivity index is 2.38. The molecule has 7 heteroatoms. The highest BCUT2D eigenvalue weighted by Crippen LogP contribution is 2.30. The first-order chi connectivity index (χ1) is 8.95. The monoisotopic (exact) mass is 269 g/mol. The van der Waals surface area contributed by atoms with Crippen LogP contribution in [0.25, 0.3) is 0 Å². The van der Waals surface area contributed by atoms with Crippen LogP contribution in [-0.2, 0) is 14.3 Å². The first-order valence-electron chi connectivity index (χ1n) is 5.31. The third-order valence-electron chi connectivity index (χ3n) is 2.65. The summed E-state index contributed by atoms with van der Waals surface area (Å²) in [6.45, 7) is -0.659. The van der Waals surface area contributed by atoms with E-state index in [-0.39, 0.29) is 17.9 Å². The lowest BCUT2D eigenvalue weighted by Crippen LogP contribution is -2.35. The zero-order valence-corrected chi connectivity index (χ0v) is 9.91. The molecule has 1 heterocycles. The van der Waals surface area contributed by atoms with Crippen LogP contribution in [0, 0.1) is 11.6 Å². The van der Waals surface area contributed by atoms with Crippen LogP contribution in [0.4, 0.5) is 14.5 Å². The molecule has 1 aliphatic rings. The van der Waals surface area contributed by atoms with Crippen LogP contribution < -0.4 is 4.90 Å². The minimum atomic E-state index is -1.22. The minimum Gasteiger partial charge on any atom is -0.377 e. The molecule has 2 rings (SSSR count). The van der Waals surface area contributed by atoms with Crippen LogP contribution >= 0.6 is 0 Å². The smallest absolute Gasteiger partial charge is 0.299 e. The maximum atomic E-state index is 13.2. The van der Waals surface area contributed by atoms with Gasteiger partial charge in [-0.05, 0) is 6.07 Å². The third-order valence-corrected chi connectivity index (χ3v) is 2.65. The summed E-state index contributed by atoms with van der Waals surface area (Å²) in [5.41, 5.74) is -0.340. The van der Waals surface area contributed by atoms with E-state index in [0.29, 0.717) is 6.07 Å². The molecule has 1 aromatic rings. The van der Waals surface area contributed by atoms with Gasteiger partial charge in [-0.2, -0.15) is 0 Å². The Morgan fingerprint density at radius 3 is 2.53 bits per heavy atom. The van der Waals surface area contributed by atoms with E-state index < -0.39 is 35.7 Å². The second-order valence-electron chi connectivity index (χ2n) is 3.98. The number of carbonyl (C=O) groups excluding carboxylic acids is 3. The van der Waals surface area contributed by atoms with E-state index in [2.05, 4.69) is 4.74 Å². The molecule has 1 aromatic carbocycles. The van der Waals surface area contributed by atoms with Gasteiger partial charge in [0.05, 0.1) is 17.8 Å². The van der Waals surface area contributed by atoms with E-state index in [9.17, 15) is 23.2 Å². The molecule has 0 aromatic heterocycles. The van der Waals surface area contributed by atoms with E-state index in [1.807, 2.05) is 0 Å². The number of hydrogen-bond acceptors (Lipinski definition) is 4. The quantitative estimate of drug-likeness (QED) is 0.755. The maximum Gasteiger partial charge on any atom is 0.299 e. The summed E-state index contributed by atoms with van der Waals surface area (Å²) in [5, 5.41) is 0. The van der Waals surface area contributed by atoms with E-state index in [1.165, 1.54) is 7.11 Å². The molecule has 0 radical (unpaired) electrons. The fourth-order valence-corrected chi connectivity index (χ4v) is 1.83. The second kappa shape index (κ2) is 4.85. The van der Waals surface area contributed by atoms with Gasteiger partial charge in [0.15, 0.2) is 17.4 Å². The van der Waals surface area contributed by atoms with E-state index in [0.717, 1.165) is 11.0 Å². The molecule has 0 saturated carbocycles. The Morgan fingerprint density at radius 1 is 1.26 bits per heavy atom. The topological polar surface area (TPSA) is 63.7 Å². The molecule has 0 saturated heterocycles. The van der Waals surface area contributed by atoms with Crippen molar-refractivity contribution in [3.05, 3.63) is 29.3 Å². The predicted octanol–water partition coefficient (Wildman–Crippen LogP) is 0.710. The SMILES string of the molecule is COCC(=O)CN1C(=O)C(=O)c2cc(F)c(F)cc21. The molecule has 0 spiro atoms. The molecule has 1 amide bonds. The zero-order valence-electron chi connectivity index (χ0n) is 9.91. The molecule has 0 atom stereocenters. The van der Waals surface area contributed by atoms with Crippen molar-refractivity contribution in [3.63, 3.8) is 0 Å². The van der Waals surface area contributed by atoms with Gasteiger partial charge in [-0.3, -0.25) is 19.3 Å². The van der Waals surface area contributed by atoms with Crippen LogP contribution in [0.15, 0.2) is 12.1 Å². The number of rotatable bonds is 4. The number of hydrogen-bond donors (Lipinski definition) is 0. The van der Waals surface area contributed by atoms with Crippen LogP contribution in [0.1, 0.15) is 10.4 Å². The van der Waals surface area contributed by atoms with Crippen LogP contribution in [0.2, 0.25) is 0 Å². The number of Topliss-reactive ketones (excluding diaryl/α,β-unsaturated/α-hetero) is 2. The molecular formula is C12H9F2NO4. The highest BCUT2D eigenvalue weighted by Gasteiger charge is 2.37. The average molecular weight is 269 g/mol. The summed E-state index contributed by atoms with van der Waals surface area (Å²) >= 11 is 0. The molecule has 0 aliphatic carbocycles. The van der Waals surface area contributed by atoms with Gasteiger partial charge in [-0.15, -0.1) is 0 Å². The largest absolute Gasteiger partial charge is 0.377 e. The summed E-state index contributed by atoms with van der Waals surface area (Å²) in [7, 11) is 1.30. The second-order valence-corrected chi connectivity index (χ2v) is 3.98. The van der Waals surface area contributed by atoms with Crippen molar-refractivity contribution < 1.29 is 27.9 Å². The van der Waals surface area contributed by atoms with Gasteiger partial charge in [0.1, 0.15) is 6.61 Å². The Morgan fingerprint density at radius 2 is 1.89 bits per heavy atom.